The summed E-state index contributed by atoms with van der Waals surface area (Å²) in [5.74, 6) is 0. The molecule has 2 aromatic rings. The van der Waals surface area contributed by atoms with Gasteiger partial charge in [-0.3, -0.25) is 0 Å². The molecule has 3 rings (SSSR count). The van der Waals surface area contributed by atoms with E-state index in [2.05, 4.69) is 42.0 Å². The van der Waals surface area contributed by atoms with Crippen LogP contribution in [0, 0.1) is 0 Å². The molecule has 2 heterocycles. The first-order chi connectivity index (χ1) is 9.38. The van der Waals surface area contributed by atoms with E-state index in [4.69, 9.17) is 9.47 Å². The number of rotatable bonds is 4. The lowest BCUT2D eigenvalue weighted by molar-refractivity contribution is -0.182. The van der Waals surface area contributed by atoms with Crippen LogP contribution in [0.1, 0.15) is 25.3 Å². The Kier molecular flexibility index (Phi) is 3.85. The summed E-state index contributed by atoms with van der Waals surface area (Å²) in [7, 11) is 0. The van der Waals surface area contributed by atoms with Crippen LogP contribution in [-0.4, -0.2) is 24.1 Å². The molecule has 0 amide bonds. The van der Waals surface area contributed by atoms with E-state index in [0.29, 0.717) is 0 Å². The van der Waals surface area contributed by atoms with Gasteiger partial charge in [-0.1, -0.05) is 25.1 Å². The zero-order valence-corrected chi connectivity index (χ0v) is 11.5. The highest BCUT2D eigenvalue weighted by atomic mass is 16.7. The third-order valence-electron chi connectivity index (χ3n) is 3.75. The van der Waals surface area contributed by atoms with Crippen LogP contribution in [0.5, 0.6) is 0 Å². The maximum absolute atomic E-state index is 5.61. The lowest BCUT2D eigenvalue weighted by atomic mass is 10.1. The fourth-order valence-corrected chi connectivity index (χ4v) is 2.76. The van der Waals surface area contributed by atoms with Crippen LogP contribution >= 0.6 is 0 Å². The highest BCUT2D eigenvalue weighted by Gasteiger charge is 2.14. The van der Waals surface area contributed by atoms with Crippen LogP contribution in [0.15, 0.2) is 30.5 Å². The van der Waals surface area contributed by atoms with E-state index < -0.39 is 0 Å². The van der Waals surface area contributed by atoms with Gasteiger partial charge < -0.3 is 14.0 Å². The van der Waals surface area contributed by atoms with Crippen molar-refractivity contribution in [3.8, 4) is 0 Å². The first-order valence-electron chi connectivity index (χ1n) is 7.18. The average molecular weight is 259 g/mol. The van der Waals surface area contributed by atoms with Gasteiger partial charge in [0.15, 0.2) is 6.29 Å². The van der Waals surface area contributed by atoms with Crippen LogP contribution in [0.2, 0.25) is 0 Å². The van der Waals surface area contributed by atoms with Crippen molar-refractivity contribution in [2.75, 3.05) is 13.2 Å². The second-order valence-electron chi connectivity index (χ2n) is 5.03. The van der Waals surface area contributed by atoms with Crippen LogP contribution in [0.25, 0.3) is 10.9 Å². The van der Waals surface area contributed by atoms with Crippen molar-refractivity contribution in [1.82, 2.24) is 4.57 Å². The quantitative estimate of drug-likeness (QED) is 0.840. The predicted molar refractivity (Wildman–Crippen MR) is 76.2 cm³/mol. The topological polar surface area (TPSA) is 23.4 Å². The minimum Gasteiger partial charge on any atom is -0.353 e. The lowest BCUT2D eigenvalue weighted by Crippen LogP contribution is -2.26. The van der Waals surface area contributed by atoms with Gasteiger partial charge in [0.25, 0.3) is 0 Å². The van der Waals surface area contributed by atoms with Gasteiger partial charge in [-0.15, -0.1) is 0 Å². The van der Waals surface area contributed by atoms with Crippen molar-refractivity contribution in [1.29, 1.82) is 0 Å². The molecular weight excluding hydrogens is 238 g/mol. The van der Waals surface area contributed by atoms with Crippen molar-refractivity contribution in [2.24, 2.45) is 0 Å². The summed E-state index contributed by atoms with van der Waals surface area (Å²) in [4.78, 5) is 0. The number of aromatic nitrogens is 1. The average Bonchev–Trinajstić information content (AvgIpc) is 2.89. The summed E-state index contributed by atoms with van der Waals surface area (Å²) in [5, 5.41) is 1.32. The Morgan fingerprint density at radius 3 is 2.84 bits per heavy atom. The molecule has 1 saturated heterocycles. The Labute approximate surface area is 114 Å². The molecule has 19 heavy (non-hydrogen) atoms. The Hall–Kier alpha value is -1.32. The van der Waals surface area contributed by atoms with E-state index in [9.17, 15) is 0 Å². The highest BCUT2D eigenvalue weighted by molar-refractivity contribution is 5.83. The Morgan fingerprint density at radius 2 is 2.05 bits per heavy atom. The van der Waals surface area contributed by atoms with Gasteiger partial charge in [-0.2, -0.15) is 0 Å². The first-order valence-corrected chi connectivity index (χ1v) is 7.18. The van der Waals surface area contributed by atoms with Crippen molar-refractivity contribution >= 4 is 10.9 Å². The fourth-order valence-electron chi connectivity index (χ4n) is 2.76. The monoisotopic (exact) mass is 259 g/mol. The van der Waals surface area contributed by atoms with Crippen molar-refractivity contribution < 1.29 is 9.47 Å². The molecule has 0 bridgehead atoms. The summed E-state index contributed by atoms with van der Waals surface area (Å²) in [6, 6.07) is 8.72. The molecule has 102 valence electrons. The molecular formula is C16H21NO2. The van der Waals surface area contributed by atoms with Crippen LogP contribution < -0.4 is 0 Å². The lowest BCUT2D eigenvalue weighted by Gasteiger charge is -2.23. The minimum absolute atomic E-state index is 0.0278. The van der Waals surface area contributed by atoms with Crippen LogP contribution in [-0.2, 0) is 22.4 Å². The smallest absolute Gasteiger partial charge is 0.159 e. The van der Waals surface area contributed by atoms with Gasteiger partial charge in [-0.25, -0.2) is 0 Å². The van der Waals surface area contributed by atoms with Gasteiger partial charge in [0.2, 0.25) is 0 Å². The Balaban J connectivity index is 1.77. The van der Waals surface area contributed by atoms with Crippen molar-refractivity contribution in [3.05, 3.63) is 36.0 Å². The molecule has 0 aliphatic carbocycles. The molecule has 0 N–H and O–H groups in total. The van der Waals surface area contributed by atoms with E-state index in [0.717, 1.165) is 39.0 Å². The van der Waals surface area contributed by atoms with Crippen molar-refractivity contribution in [3.63, 3.8) is 0 Å². The fraction of sp³-hybridized carbons (Fsp3) is 0.500. The standard InChI is InChI=1S/C16H21NO2/c1-2-13-5-3-6-14-7-9-17(16(13)14)10-8-15-18-11-4-12-19-15/h3,5-7,9,15H,2,4,8,10-12H2,1H3. The van der Waals surface area contributed by atoms with E-state index in [1.165, 1.54) is 16.5 Å². The Bertz CT molecular complexity index is 541. The van der Waals surface area contributed by atoms with Crippen LogP contribution in [0.4, 0.5) is 0 Å². The number of hydrogen-bond acceptors (Lipinski definition) is 2. The molecule has 3 nitrogen and oxygen atoms in total. The van der Waals surface area contributed by atoms with Gasteiger partial charge in [0, 0.05) is 19.2 Å². The third-order valence-corrected chi connectivity index (χ3v) is 3.75. The molecule has 3 heteroatoms. The van der Waals surface area contributed by atoms with Gasteiger partial charge in [0.1, 0.15) is 0 Å². The molecule has 1 aliphatic rings. The molecule has 0 unspecified atom stereocenters. The third kappa shape index (κ3) is 2.67. The number of aryl methyl sites for hydroxylation is 2. The molecule has 0 saturated carbocycles. The predicted octanol–water partition coefficient (Wildman–Crippen LogP) is 3.36. The van der Waals surface area contributed by atoms with Crippen molar-refractivity contribution in [2.45, 2.75) is 39.0 Å². The molecule has 0 atom stereocenters. The Morgan fingerprint density at radius 1 is 1.21 bits per heavy atom. The largest absolute Gasteiger partial charge is 0.353 e. The van der Waals surface area contributed by atoms with Gasteiger partial charge >= 0.3 is 0 Å². The van der Waals surface area contributed by atoms with Crippen LogP contribution in [0.3, 0.4) is 0 Å². The molecule has 0 radical (unpaired) electrons. The summed E-state index contributed by atoms with van der Waals surface area (Å²) in [6.07, 6.45) is 5.15. The normalized spacial score (nSPS) is 17.1. The number of nitrogens with zero attached hydrogens (tertiary/aromatic N) is 1. The van der Waals surface area contributed by atoms with E-state index >= 15 is 0 Å². The molecule has 0 spiro atoms. The molecule has 1 aromatic carbocycles. The first kappa shape index (κ1) is 12.7. The number of fused-ring (bicyclic) bond motifs is 1. The SMILES string of the molecule is CCc1cccc2ccn(CCC3OCCCO3)c12. The molecule has 1 aromatic heterocycles. The zero-order chi connectivity index (χ0) is 13.1. The van der Waals surface area contributed by atoms with Gasteiger partial charge in [-0.05, 0) is 29.9 Å². The van der Waals surface area contributed by atoms with Gasteiger partial charge in [0.05, 0.1) is 18.7 Å². The number of para-hydroxylation sites is 1. The zero-order valence-electron chi connectivity index (χ0n) is 11.5. The number of ether oxygens (including phenoxy) is 2. The summed E-state index contributed by atoms with van der Waals surface area (Å²) in [5.41, 5.74) is 2.77. The summed E-state index contributed by atoms with van der Waals surface area (Å²) < 4.78 is 13.5. The van der Waals surface area contributed by atoms with E-state index in [-0.39, 0.29) is 6.29 Å². The summed E-state index contributed by atoms with van der Waals surface area (Å²) >= 11 is 0. The van der Waals surface area contributed by atoms with E-state index in [1.54, 1.807) is 0 Å². The van der Waals surface area contributed by atoms with E-state index in [1.807, 2.05) is 0 Å². The minimum atomic E-state index is -0.0278. The highest BCUT2D eigenvalue weighted by Crippen LogP contribution is 2.22. The number of hydrogen-bond donors (Lipinski definition) is 0. The molecule has 1 fully saturated rings. The second-order valence-corrected chi connectivity index (χ2v) is 5.03. The second kappa shape index (κ2) is 5.76. The maximum Gasteiger partial charge on any atom is 0.159 e. The maximum atomic E-state index is 5.61. The summed E-state index contributed by atoms with van der Waals surface area (Å²) in [6.45, 7) is 4.82. The molecule has 1 aliphatic heterocycles. The number of benzene rings is 1.